The molecule has 1 rings (SSSR count). The van der Waals surface area contributed by atoms with Gasteiger partial charge in [-0.1, -0.05) is 13.8 Å². The average molecular weight is 318 g/mol. The number of hydrogen-bond acceptors (Lipinski definition) is 4. The second-order valence-corrected chi connectivity index (χ2v) is 6.45. The van der Waals surface area contributed by atoms with Gasteiger partial charge >= 0.3 is 5.97 Å². The highest BCUT2D eigenvalue weighted by Gasteiger charge is 2.25. The zero-order chi connectivity index (χ0) is 17.6. The lowest BCUT2D eigenvalue weighted by Crippen LogP contribution is -2.25. The van der Waals surface area contributed by atoms with Gasteiger partial charge in [-0.05, 0) is 37.5 Å². The number of nitriles is 1. The van der Waals surface area contributed by atoms with E-state index in [0.717, 1.165) is 0 Å². The zero-order valence-corrected chi connectivity index (χ0v) is 13.8. The van der Waals surface area contributed by atoms with Crippen LogP contribution >= 0.6 is 0 Å². The van der Waals surface area contributed by atoms with Gasteiger partial charge in [-0.2, -0.15) is 5.26 Å². The highest BCUT2D eigenvalue weighted by Crippen LogP contribution is 2.29. The maximum absolute atomic E-state index is 12.2. The Balaban J connectivity index is 2.91. The van der Waals surface area contributed by atoms with Crippen molar-refractivity contribution in [1.29, 1.82) is 5.26 Å². The van der Waals surface area contributed by atoms with E-state index in [1.165, 1.54) is 0 Å². The van der Waals surface area contributed by atoms with E-state index in [-0.39, 0.29) is 24.9 Å². The van der Waals surface area contributed by atoms with E-state index in [1.807, 2.05) is 19.9 Å². The molecule has 1 aromatic rings. The molecule has 0 aliphatic rings. The van der Waals surface area contributed by atoms with Crippen molar-refractivity contribution >= 4 is 17.6 Å². The summed E-state index contributed by atoms with van der Waals surface area (Å²) in [7, 11) is 0. The minimum atomic E-state index is -0.946. The van der Waals surface area contributed by atoms with Crippen LogP contribution in [0.5, 0.6) is 5.75 Å². The van der Waals surface area contributed by atoms with Crippen LogP contribution in [0.1, 0.15) is 46.1 Å². The van der Waals surface area contributed by atoms with Gasteiger partial charge in [0.15, 0.2) is 0 Å². The summed E-state index contributed by atoms with van der Waals surface area (Å²) in [5.41, 5.74) is 0.150. The molecule has 0 saturated carbocycles. The third kappa shape index (κ3) is 6.39. The fraction of sp³-hybridized carbons (Fsp3) is 0.471. The van der Waals surface area contributed by atoms with E-state index in [4.69, 9.17) is 15.1 Å². The molecule has 0 aliphatic heterocycles. The molecule has 1 amide bonds. The Morgan fingerprint density at radius 2 is 2.00 bits per heavy atom. The quantitative estimate of drug-likeness (QED) is 0.804. The van der Waals surface area contributed by atoms with Gasteiger partial charge in [-0.25, -0.2) is 0 Å². The molecule has 23 heavy (non-hydrogen) atoms. The average Bonchev–Trinajstić information content (AvgIpc) is 2.37. The molecule has 1 aromatic carbocycles. The number of amides is 1. The summed E-state index contributed by atoms with van der Waals surface area (Å²) >= 11 is 0. The first-order chi connectivity index (χ1) is 10.6. The number of nitrogens with one attached hydrogen (secondary N) is 1. The summed E-state index contributed by atoms with van der Waals surface area (Å²) in [6.45, 7) is 7.16. The number of rotatable bonds is 7. The van der Waals surface area contributed by atoms with Crippen molar-refractivity contribution in [2.24, 2.45) is 5.41 Å². The smallest absolute Gasteiger partial charge is 0.303 e. The van der Waals surface area contributed by atoms with Crippen LogP contribution in [0.2, 0.25) is 0 Å². The molecule has 124 valence electrons. The van der Waals surface area contributed by atoms with Gasteiger partial charge < -0.3 is 15.2 Å². The van der Waals surface area contributed by atoms with E-state index in [1.54, 1.807) is 32.0 Å². The number of carboxylic acids is 1. The van der Waals surface area contributed by atoms with Gasteiger partial charge in [-0.15, -0.1) is 0 Å². The normalized spacial score (nSPS) is 11.0. The summed E-state index contributed by atoms with van der Waals surface area (Å²) in [5.74, 6) is -0.790. The molecule has 2 N–H and O–H groups in total. The van der Waals surface area contributed by atoms with E-state index in [2.05, 4.69) is 5.32 Å². The number of benzene rings is 1. The summed E-state index contributed by atoms with van der Waals surface area (Å²) in [6, 6.07) is 6.80. The van der Waals surface area contributed by atoms with E-state index in [0.29, 0.717) is 17.0 Å². The molecule has 0 fully saturated rings. The van der Waals surface area contributed by atoms with Crippen molar-refractivity contribution in [3.8, 4) is 11.8 Å². The topological polar surface area (TPSA) is 99.4 Å². The van der Waals surface area contributed by atoms with Gasteiger partial charge in [0.25, 0.3) is 0 Å². The van der Waals surface area contributed by atoms with E-state index >= 15 is 0 Å². The van der Waals surface area contributed by atoms with Crippen LogP contribution in [0.4, 0.5) is 5.69 Å². The van der Waals surface area contributed by atoms with Gasteiger partial charge in [-0.3, -0.25) is 9.59 Å². The lowest BCUT2D eigenvalue weighted by molar-refractivity contribution is -0.139. The lowest BCUT2D eigenvalue weighted by atomic mass is 9.85. The summed E-state index contributed by atoms with van der Waals surface area (Å²) in [4.78, 5) is 23.0. The number of anilines is 1. The molecule has 0 heterocycles. The maximum Gasteiger partial charge on any atom is 0.303 e. The predicted molar refractivity (Wildman–Crippen MR) is 86.2 cm³/mol. The number of nitrogens with zero attached hydrogens (tertiary/aromatic N) is 1. The Kier molecular flexibility index (Phi) is 6.14. The molecular formula is C17H22N2O4. The second-order valence-electron chi connectivity index (χ2n) is 6.45. The third-order valence-electron chi connectivity index (χ3n) is 3.01. The van der Waals surface area contributed by atoms with Crippen molar-refractivity contribution in [1.82, 2.24) is 0 Å². The largest absolute Gasteiger partial charge is 0.489 e. The highest BCUT2D eigenvalue weighted by molar-refractivity contribution is 5.93. The standard InChI is InChI=1S/C17H22N2O4/c1-11(2)23-14-6-5-12(10-18)7-13(14)19-15(20)8-17(3,4)9-16(21)22/h5-7,11H,8-9H2,1-4H3,(H,19,20)(H,21,22). The Hall–Kier alpha value is -2.55. The minimum Gasteiger partial charge on any atom is -0.489 e. The highest BCUT2D eigenvalue weighted by atomic mass is 16.5. The van der Waals surface area contributed by atoms with Crippen molar-refractivity contribution in [3.05, 3.63) is 23.8 Å². The molecule has 0 aliphatic carbocycles. The first-order valence-corrected chi connectivity index (χ1v) is 7.35. The zero-order valence-electron chi connectivity index (χ0n) is 13.8. The Morgan fingerprint density at radius 1 is 1.35 bits per heavy atom. The number of carbonyl (C=O) groups excluding carboxylic acids is 1. The molecule has 0 radical (unpaired) electrons. The Labute approximate surface area is 136 Å². The summed E-state index contributed by atoms with van der Waals surface area (Å²) < 4.78 is 5.62. The second kappa shape index (κ2) is 7.63. The van der Waals surface area contributed by atoms with Gasteiger partial charge in [0.2, 0.25) is 5.91 Å². The van der Waals surface area contributed by atoms with Gasteiger partial charge in [0.1, 0.15) is 5.75 Å². The van der Waals surface area contributed by atoms with E-state index < -0.39 is 11.4 Å². The van der Waals surface area contributed by atoms with Crippen LogP contribution < -0.4 is 10.1 Å². The lowest BCUT2D eigenvalue weighted by Gasteiger charge is -2.22. The summed E-state index contributed by atoms with van der Waals surface area (Å²) in [5, 5.41) is 20.6. The van der Waals surface area contributed by atoms with Crippen LogP contribution in [-0.4, -0.2) is 23.1 Å². The first kappa shape index (κ1) is 18.5. The van der Waals surface area contributed by atoms with Crippen LogP contribution in [0.3, 0.4) is 0 Å². The van der Waals surface area contributed by atoms with Crippen LogP contribution in [0.15, 0.2) is 18.2 Å². The van der Waals surface area contributed by atoms with E-state index in [9.17, 15) is 9.59 Å². The number of aliphatic carboxylic acids is 1. The summed E-state index contributed by atoms with van der Waals surface area (Å²) in [6.07, 6.45) is -0.132. The molecular weight excluding hydrogens is 296 g/mol. The van der Waals surface area contributed by atoms with Crippen LogP contribution in [0.25, 0.3) is 0 Å². The number of ether oxygens (including phenoxy) is 1. The van der Waals surface area contributed by atoms with Crippen molar-refractivity contribution in [2.45, 2.75) is 46.6 Å². The van der Waals surface area contributed by atoms with Crippen molar-refractivity contribution in [3.63, 3.8) is 0 Å². The number of hydrogen-bond donors (Lipinski definition) is 2. The molecule has 0 atom stereocenters. The van der Waals surface area contributed by atoms with Crippen LogP contribution in [-0.2, 0) is 9.59 Å². The molecule has 0 unspecified atom stereocenters. The van der Waals surface area contributed by atoms with Crippen LogP contribution in [0, 0.1) is 16.7 Å². The maximum atomic E-state index is 12.2. The van der Waals surface area contributed by atoms with Gasteiger partial charge in [0.05, 0.1) is 29.8 Å². The van der Waals surface area contributed by atoms with Gasteiger partial charge in [0, 0.05) is 6.42 Å². The predicted octanol–water partition coefficient (Wildman–Crippen LogP) is 3.17. The SMILES string of the molecule is CC(C)Oc1ccc(C#N)cc1NC(=O)CC(C)(C)CC(=O)O. The molecule has 6 heteroatoms. The number of carbonyl (C=O) groups is 2. The minimum absolute atomic E-state index is 0.0528. The third-order valence-corrected chi connectivity index (χ3v) is 3.01. The monoisotopic (exact) mass is 318 g/mol. The molecule has 0 bridgehead atoms. The first-order valence-electron chi connectivity index (χ1n) is 7.35. The molecule has 0 saturated heterocycles. The molecule has 6 nitrogen and oxygen atoms in total. The fourth-order valence-electron chi connectivity index (χ4n) is 2.15. The number of carboxylic acid groups (broad SMARTS) is 1. The fourth-order valence-corrected chi connectivity index (χ4v) is 2.15. The Bertz CT molecular complexity index is 630. The van der Waals surface area contributed by atoms with Crippen molar-refractivity contribution < 1.29 is 19.4 Å². The Morgan fingerprint density at radius 3 is 2.52 bits per heavy atom. The van der Waals surface area contributed by atoms with Crippen molar-refractivity contribution in [2.75, 3.05) is 5.32 Å². The molecule has 0 spiro atoms. The molecule has 0 aromatic heterocycles.